The van der Waals surface area contributed by atoms with Gasteiger partial charge in [0.1, 0.15) is 18.1 Å². The first kappa shape index (κ1) is 23.2. The van der Waals surface area contributed by atoms with Gasteiger partial charge in [0, 0.05) is 10.7 Å². The van der Waals surface area contributed by atoms with Crippen LogP contribution in [-0.2, 0) is 6.54 Å². The lowest BCUT2D eigenvalue weighted by Crippen LogP contribution is -2.42. The number of rotatable bonds is 4. The monoisotopic (exact) mass is 508 g/mol. The van der Waals surface area contributed by atoms with Gasteiger partial charge < -0.3 is 5.73 Å². The number of aliphatic imine (C=N–C) groups is 2. The highest BCUT2D eigenvalue weighted by Crippen LogP contribution is 2.32. The van der Waals surface area contributed by atoms with Gasteiger partial charge in [-0.1, -0.05) is 60.1 Å². The Bertz CT molecular complexity index is 1690. The maximum atomic E-state index is 14.0. The third-order valence-corrected chi connectivity index (χ3v) is 7.28. The third kappa shape index (κ3) is 3.92. The molecular formula is C29H25ClN6O. The lowest BCUT2D eigenvalue weighted by Gasteiger charge is -2.27. The van der Waals surface area contributed by atoms with Gasteiger partial charge in [0.25, 0.3) is 5.56 Å². The average Bonchev–Trinajstić information content (AvgIpc) is 3.25. The first-order valence-corrected chi connectivity index (χ1v) is 12.5. The van der Waals surface area contributed by atoms with Crippen molar-refractivity contribution in [2.24, 2.45) is 26.7 Å². The summed E-state index contributed by atoms with van der Waals surface area (Å²) in [7, 11) is 0. The van der Waals surface area contributed by atoms with Gasteiger partial charge >= 0.3 is 0 Å². The van der Waals surface area contributed by atoms with E-state index >= 15 is 0 Å². The van der Waals surface area contributed by atoms with Crippen molar-refractivity contribution in [1.29, 1.82) is 0 Å². The van der Waals surface area contributed by atoms with Crippen molar-refractivity contribution in [3.63, 3.8) is 0 Å². The molecule has 1 aromatic heterocycles. The van der Waals surface area contributed by atoms with Crippen LogP contribution >= 0.6 is 11.6 Å². The molecule has 8 heteroatoms. The standard InChI is InChI=1S/C29H25ClN6O/c1-17-6-3-4-9-23(17)36-22(14-20-8-5-7-18(2)24(20)29(36)37)15-35-28-25(27(31)32-16-33-28)26(34-35)19-10-12-21(30)13-11-19/h3-14,16,25,28H,15H2,1-2H3,(H2,31,32,33). The highest BCUT2D eigenvalue weighted by Gasteiger charge is 2.41. The normalized spacial score (nSPS) is 18.6. The van der Waals surface area contributed by atoms with E-state index in [1.807, 2.05) is 85.6 Å². The summed E-state index contributed by atoms with van der Waals surface area (Å²) in [4.78, 5) is 22.9. The Morgan fingerprint density at radius 3 is 2.51 bits per heavy atom. The van der Waals surface area contributed by atoms with Crippen LogP contribution in [0.25, 0.3) is 16.5 Å². The summed E-state index contributed by atoms with van der Waals surface area (Å²) >= 11 is 6.13. The SMILES string of the molecule is Cc1ccccc1-n1c(CN2N=C(c3ccc(Cl)cc3)C3C(N)=NC=NC32)cc2cccc(C)c2c1=O. The number of halogens is 1. The van der Waals surface area contributed by atoms with Crippen LogP contribution in [0.4, 0.5) is 0 Å². The van der Waals surface area contributed by atoms with Crippen molar-refractivity contribution >= 4 is 40.3 Å². The van der Waals surface area contributed by atoms with Crippen molar-refractivity contribution in [3.05, 3.63) is 111 Å². The summed E-state index contributed by atoms with van der Waals surface area (Å²) in [5, 5.41) is 9.14. The molecule has 4 aromatic rings. The molecule has 2 aliphatic rings. The molecule has 7 nitrogen and oxygen atoms in total. The van der Waals surface area contributed by atoms with E-state index in [-0.39, 0.29) is 17.6 Å². The number of hydrazone groups is 1. The highest BCUT2D eigenvalue weighted by molar-refractivity contribution is 6.30. The molecule has 0 amide bonds. The van der Waals surface area contributed by atoms with Crippen molar-refractivity contribution in [2.75, 3.05) is 0 Å². The van der Waals surface area contributed by atoms with Gasteiger partial charge in [0.05, 0.1) is 23.3 Å². The molecule has 6 rings (SSSR count). The molecule has 37 heavy (non-hydrogen) atoms. The number of hydrogen-bond donors (Lipinski definition) is 1. The van der Waals surface area contributed by atoms with E-state index in [2.05, 4.69) is 16.1 Å². The number of fused-ring (bicyclic) bond motifs is 2. The van der Waals surface area contributed by atoms with Gasteiger partial charge in [0.15, 0.2) is 6.17 Å². The number of aromatic nitrogens is 1. The number of aryl methyl sites for hydroxylation is 2. The zero-order valence-electron chi connectivity index (χ0n) is 20.5. The summed E-state index contributed by atoms with van der Waals surface area (Å²) in [6.07, 6.45) is 1.12. The van der Waals surface area contributed by atoms with Crippen molar-refractivity contribution in [1.82, 2.24) is 9.58 Å². The molecule has 0 saturated carbocycles. The second-order valence-electron chi connectivity index (χ2n) is 9.40. The number of amidine groups is 1. The van der Waals surface area contributed by atoms with E-state index in [4.69, 9.17) is 22.4 Å². The third-order valence-electron chi connectivity index (χ3n) is 7.03. The first-order valence-electron chi connectivity index (χ1n) is 12.1. The van der Waals surface area contributed by atoms with Crippen LogP contribution in [0, 0.1) is 19.8 Å². The van der Waals surface area contributed by atoms with Crippen molar-refractivity contribution in [2.45, 2.75) is 26.6 Å². The minimum absolute atomic E-state index is 0.0502. The Morgan fingerprint density at radius 1 is 0.973 bits per heavy atom. The lowest BCUT2D eigenvalue weighted by atomic mass is 9.93. The summed E-state index contributed by atoms with van der Waals surface area (Å²) in [5.74, 6) is 0.161. The quantitative estimate of drug-likeness (QED) is 0.428. The van der Waals surface area contributed by atoms with E-state index in [1.165, 1.54) is 6.34 Å². The summed E-state index contributed by atoms with van der Waals surface area (Å²) < 4.78 is 1.81. The Kier molecular flexibility index (Phi) is 5.65. The summed E-state index contributed by atoms with van der Waals surface area (Å²) in [5.41, 5.74) is 11.6. The fourth-order valence-electron chi connectivity index (χ4n) is 5.21. The molecule has 184 valence electrons. The number of nitrogens with zero attached hydrogens (tertiary/aromatic N) is 5. The van der Waals surface area contributed by atoms with Crippen LogP contribution in [0.2, 0.25) is 5.02 Å². The first-order chi connectivity index (χ1) is 17.9. The number of para-hydroxylation sites is 1. The predicted molar refractivity (Wildman–Crippen MR) is 150 cm³/mol. The lowest BCUT2D eigenvalue weighted by molar-refractivity contribution is 0.210. The molecule has 2 unspecified atom stereocenters. The van der Waals surface area contributed by atoms with Gasteiger partial charge in [-0.15, -0.1) is 0 Å². The number of nitrogens with two attached hydrogens (primary N) is 1. The van der Waals surface area contributed by atoms with Gasteiger partial charge in [-0.05, 0) is 60.2 Å². The molecule has 2 atom stereocenters. The average molecular weight is 509 g/mol. The topological polar surface area (TPSA) is 88.3 Å². The fraction of sp³-hybridized carbons (Fsp3) is 0.172. The van der Waals surface area contributed by atoms with Gasteiger partial charge in [-0.25, -0.2) is 9.98 Å². The minimum Gasteiger partial charge on any atom is -0.386 e. The molecule has 0 radical (unpaired) electrons. The highest BCUT2D eigenvalue weighted by atomic mass is 35.5. The number of hydrogen-bond acceptors (Lipinski definition) is 6. The van der Waals surface area contributed by atoms with E-state index in [1.54, 1.807) is 4.57 Å². The van der Waals surface area contributed by atoms with Gasteiger partial charge in [0.2, 0.25) is 0 Å². The van der Waals surface area contributed by atoms with Crippen LogP contribution in [0.5, 0.6) is 0 Å². The van der Waals surface area contributed by atoms with E-state index < -0.39 is 0 Å². The van der Waals surface area contributed by atoms with Crippen LogP contribution in [0.1, 0.15) is 22.4 Å². The molecular weight excluding hydrogens is 484 g/mol. The number of pyridine rings is 1. The molecule has 0 spiro atoms. The summed E-state index contributed by atoms with van der Waals surface area (Å²) in [6, 6.07) is 23.4. The van der Waals surface area contributed by atoms with Crippen molar-refractivity contribution in [3.8, 4) is 5.69 Å². The van der Waals surface area contributed by atoms with Crippen LogP contribution in [0.15, 0.2) is 92.7 Å². The molecule has 0 bridgehead atoms. The van der Waals surface area contributed by atoms with Crippen LogP contribution < -0.4 is 11.3 Å². The molecule has 0 fully saturated rings. The van der Waals surface area contributed by atoms with E-state index in [9.17, 15) is 4.79 Å². The smallest absolute Gasteiger partial charge is 0.263 e. The second kappa shape index (κ2) is 9.01. The minimum atomic E-state index is -0.364. The molecule has 0 aliphatic carbocycles. The summed E-state index contributed by atoms with van der Waals surface area (Å²) in [6.45, 7) is 4.34. The molecule has 3 heterocycles. The van der Waals surface area contributed by atoms with Gasteiger partial charge in [-0.3, -0.25) is 14.4 Å². The second-order valence-corrected chi connectivity index (χ2v) is 9.84. The maximum absolute atomic E-state index is 14.0. The van der Waals surface area contributed by atoms with Crippen LogP contribution in [-0.4, -0.2) is 33.6 Å². The predicted octanol–water partition coefficient (Wildman–Crippen LogP) is 4.82. The molecule has 3 aromatic carbocycles. The number of benzene rings is 3. The van der Waals surface area contributed by atoms with Crippen molar-refractivity contribution < 1.29 is 0 Å². The zero-order valence-corrected chi connectivity index (χ0v) is 21.2. The Balaban J connectivity index is 1.52. The van der Waals surface area contributed by atoms with E-state index in [0.717, 1.165) is 39.2 Å². The fourth-order valence-corrected chi connectivity index (χ4v) is 5.34. The largest absolute Gasteiger partial charge is 0.386 e. The van der Waals surface area contributed by atoms with E-state index in [0.29, 0.717) is 22.8 Å². The Hall–Kier alpha value is -4.23. The Morgan fingerprint density at radius 2 is 1.73 bits per heavy atom. The van der Waals surface area contributed by atoms with Crippen LogP contribution in [0.3, 0.4) is 0 Å². The van der Waals surface area contributed by atoms with Gasteiger partial charge in [-0.2, -0.15) is 5.10 Å². The molecule has 0 saturated heterocycles. The Labute approximate surface area is 219 Å². The zero-order chi connectivity index (χ0) is 25.7. The molecule has 2 aliphatic heterocycles. The maximum Gasteiger partial charge on any atom is 0.263 e. The molecule has 2 N–H and O–H groups in total.